The first-order chi connectivity index (χ1) is 7.68. The van der Waals surface area contributed by atoms with Crippen LogP contribution < -0.4 is 5.32 Å². The van der Waals surface area contributed by atoms with E-state index >= 15 is 0 Å². The Labute approximate surface area is 102 Å². The number of hydrogen-bond acceptors (Lipinski definition) is 2. The maximum atomic E-state index is 3.51. The molecule has 0 aromatic carbocycles. The SMILES string of the molecule is CC(C)CNCCCCCN1CCC(C)C1. The largest absolute Gasteiger partial charge is 0.316 e. The van der Waals surface area contributed by atoms with Gasteiger partial charge in [-0.15, -0.1) is 0 Å². The quantitative estimate of drug-likeness (QED) is 0.640. The number of rotatable bonds is 8. The van der Waals surface area contributed by atoms with Crippen molar-refractivity contribution >= 4 is 0 Å². The average Bonchev–Trinajstić information content (AvgIpc) is 2.62. The van der Waals surface area contributed by atoms with Crippen LogP contribution in [0.4, 0.5) is 0 Å². The second kappa shape index (κ2) is 8.08. The van der Waals surface area contributed by atoms with Gasteiger partial charge in [0.15, 0.2) is 0 Å². The molecule has 0 aliphatic carbocycles. The lowest BCUT2D eigenvalue weighted by Gasteiger charge is -2.14. The lowest BCUT2D eigenvalue weighted by molar-refractivity contribution is 0.318. The molecule has 1 aliphatic heterocycles. The van der Waals surface area contributed by atoms with Crippen molar-refractivity contribution in [1.29, 1.82) is 0 Å². The minimum absolute atomic E-state index is 0.783. The van der Waals surface area contributed by atoms with Crippen molar-refractivity contribution < 1.29 is 0 Å². The molecular weight excluding hydrogens is 196 g/mol. The maximum absolute atomic E-state index is 3.51. The minimum Gasteiger partial charge on any atom is -0.316 e. The van der Waals surface area contributed by atoms with Gasteiger partial charge in [-0.1, -0.05) is 27.2 Å². The first-order valence-corrected chi connectivity index (χ1v) is 7.11. The van der Waals surface area contributed by atoms with Gasteiger partial charge in [-0.3, -0.25) is 0 Å². The number of nitrogens with zero attached hydrogens (tertiary/aromatic N) is 1. The molecule has 0 aromatic heterocycles. The standard InChI is InChI=1S/C14H30N2/c1-13(2)11-15-8-5-4-6-9-16-10-7-14(3)12-16/h13-15H,4-12H2,1-3H3. The molecule has 2 nitrogen and oxygen atoms in total. The van der Waals surface area contributed by atoms with Crippen molar-refractivity contribution in [2.24, 2.45) is 11.8 Å². The summed E-state index contributed by atoms with van der Waals surface area (Å²) in [5, 5.41) is 3.51. The Kier molecular flexibility index (Phi) is 7.06. The molecule has 1 rings (SSSR count). The van der Waals surface area contributed by atoms with Crippen LogP contribution in [0, 0.1) is 11.8 Å². The van der Waals surface area contributed by atoms with Crippen LogP contribution in [0.5, 0.6) is 0 Å². The molecule has 96 valence electrons. The van der Waals surface area contributed by atoms with E-state index in [0.29, 0.717) is 0 Å². The molecule has 2 heteroatoms. The Hall–Kier alpha value is -0.0800. The van der Waals surface area contributed by atoms with E-state index in [1.807, 2.05) is 0 Å². The van der Waals surface area contributed by atoms with E-state index in [0.717, 1.165) is 11.8 Å². The van der Waals surface area contributed by atoms with Gasteiger partial charge in [-0.25, -0.2) is 0 Å². The van der Waals surface area contributed by atoms with Crippen molar-refractivity contribution in [3.8, 4) is 0 Å². The van der Waals surface area contributed by atoms with Gasteiger partial charge in [0.1, 0.15) is 0 Å². The Bertz CT molecular complexity index is 168. The van der Waals surface area contributed by atoms with Crippen LogP contribution in [0.3, 0.4) is 0 Å². The van der Waals surface area contributed by atoms with Gasteiger partial charge in [-0.05, 0) is 57.3 Å². The average molecular weight is 226 g/mol. The van der Waals surface area contributed by atoms with Crippen LogP contribution in [0.2, 0.25) is 0 Å². The summed E-state index contributed by atoms with van der Waals surface area (Å²) in [7, 11) is 0. The van der Waals surface area contributed by atoms with E-state index in [1.165, 1.54) is 58.4 Å². The molecule has 0 aromatic rings. The van der Waals surface area contributed by atoms with Crippen molar-refractivity contribution in [2.45, 2.75) is 46.5 Å². The smallest absolute Gasteiger partial charge is 0.000750 e. The monoisotopic (exact) mass is 226 g/mol. The third kappa shape index (κ3) is 6.49. The fourth-order valence-electron chi connectivity index (χ4n) is 2.38. The Morgan fingerprint density at radius 1 is 1.25 bits per heavy atom. The van der Waals surface area contributed by atoms with Crippen LogP contribution >= 0.6 is 0 Å². The number of unbranched alkanes of at least 4 members (excludes halogenated alkanes) is 2. The lowest BCUT2D eigenvalue weighted by Crippen LogP contribution is -2.22. The van der Waals surface area contributed by atoms with Crippen molar-refractivity contribution in [2.75, 3.05) is 32.7 Å². The van der Waals surface area contributed by atoms with Crippen LogP contribution in [0.25, 0.3) is 0 Å². The van der Waals surface area contributed by atoms with Crippen molar-refractivity contribution in [3.05, 3.63) is 0 Å². The summed E-state index contributed by atoms with van der Waals surface area (Å²) in [5.74, 6) is 1.72. The van der Waals surface area contributed by atoms with E-state index in [1.54, 1.807) is 0 Å². The molecule has 1 atom stereocenters. The summed E-state index contributed by atoms with van der Waals surface area (Å²) in [6.45, 7) is 13.3. The molecule has 0 bridgehead atoms. The Balaban J connectivity index is 1.81. The molecule has 0 radical (unpaired) electrons. The summed E-state index contributed by atoms with van der Waals surface area (Å²) >= 11 is 0. The van der Waals surface area contributed by atoms with Crippen LogP contribution in [0.1, 0.15) is 46.5 Å². The van der Waals surface area contributed by atoms with Gasteiger partial charge in [0.05, 0.1) is 0 Å². The van der Waals surface area contributed by atoms with Crippen LogP contribution in [0.15, 0.2) is 0 Å². The van der Waals surface area contributed by atoms with E-state index in [9.17, 15) is 0 Å². The van der Waals surface area contributed by atoms with E-state index < -0.39 is 0 Å². The molecular formula is C14H30N2. The zero-order valence-corrected chi connectivity index (χ0v) is 11.5. The van der Waals surface area contributed by atoms with E-state index in [4.69, 9.17) is 0 Å². The summed E-state index contributed by atoms with van der Waals surface area (Å²) in [4.78, 5) is 2.63. The third-order valence-corrected chi connectivity index (χ3v) is 3.39. The van der Waals surface area contributed by atoms with Gasteiger partial charge in [0.25, 0.3) is 0 Å². The fraction of sp³-hybridized carbons (Fsp3) is 1.00. The fourth-order valence-corrected chi connectivity index (χ4v) is 2.38. The molecule has 0 amide bonds. The second-order valence-corrected chi connectivity index (χ2v) is 5.85. The highest BCUT2D eigenvalue weighted by molar-refractivity contribution is 4.71. The predicted octanol–water partition coefficient (Wildman–Crippen LogP) is 2.74. The molecule has 1 aliphatic rings. The highest BCUT2D eigenvalue weighted by Gasteiger charge is 2.17. The molecule has 1 unspecified atom stereocenters. The molecule has 1 N–H and O–H groups in total. The highest BCUT2D eigenvalue weighted by atomic mass is 15.1. The first kappa shape index (κ1) is 14.0. The zero-order chi connectivity index (χ0) is 11.8. The predicted molar refractivity (Wildman–Crippen MR) is 71.8 cm³/mol. The van der Waals surface area contributed by atoms with Gasteiger partial charge in [-0.2, -0.15) is 0 Å². The maximum Gasteiger partial charge on any atom is 0.000750 e. The number of hydrogen-bond donors (Lipinski definition) is 1. The Morgan fingerprint density at radius 3 is 2.69 bits per heavy atom. The summed E-state index contributed by atoms with van der Waals surface area (Å²) in [6, 6.07) is 0. The number of likely N-dealkylation sites (tertiary alicyclic amines) is 1. The van der Waals surface area contributed by atoms with E-state index in [-0.39, 0.29) is 0 Å². The van der Waals surface area contributed by atoms with Gasteiger partial charge in [0, 0.05) is 6.54 Å². The van der Waals surface area contributed by atoms with E-state index in [2.05, 4.69) is 31.0 Å². The topological polar surface area (TPSA) is 15.3 Å². The molecule has 0 spiro atoms. The third-order valence-electron chi connectivity index (χ3n) is 3.39. The number of nitrogens with one attached hydrogen (secondary N) is 1. The highest BCUT2D eigenvalue weighted by Crippen LogP contribution is 2.15. The van der Waals surface area contributed by atoms with Gasteiger partial charge in [0.2, 0.25) is 0 Å². The molecule has 1 saturated heterocycles. The molecule has 1 heterocycles. The minimum atomic E-state index is 0.783. The summed E-state index contributed by atoms with van der Waals surface area (Å²) in [6.07, 6.45) is 5.53. The van der Waals surface area contributed by atoms with Gasteiger partial charge >= 0.3 is 0 Å². The zero-order valence-electron chi connectivity index (χ0n) is 11.5. The van der Waals surface area contributed by atoms with Crippen LogP contribution in [-0.4, -0.2) is 37.6 Å². The summed E-state index contributed by atoms with van der Waals surface area (Å²) < 4.78 is 0. The normalized spacial score (nSPS) is 22.1. The molecule has 1 fully saturated rings. The van der Waals surface area contributed by atoms with Crippen molar-refractivity contribution in [1.82, 2.24) is 10.2 Å². The second-order valence-electron chi connectivity index (χ2n) is 5.85. The van der Waals surface area contributed by atoms with Crippen LogP contribution in [-0.2, 0) is 0 Å². The lowest BCUT2D eigenvalue weighted by atomic mass is 10.2. The van der Waals surface area contributed by atoms with Gasteiger partial charge < -0.3 is 10.2 Å². The molecule has 0 saturated carbocycles. The summed E-state index contributed by atoms with van der Waals surface area (Å²) in [5.41, 5.74) is 0. The first-order valence-electron chi connectivity index (χ1n) is 7.11. The molecule has 16 heavy (non-hydrogen) atoms. The van der Waals surface area contributed by atoms with Crippen molar-refractivity contribution in [3.63, 3.8) is 0 Å². The Morgan fingerprint density at radius 2 is 2.06 bits per heavy atom.